The summed E-state index contributed by atoms with van der Waals surface area (Å²) in [5.74, 6) is -0.873. The summed E-state index contributed by atoms with van der Waals surface area (Å²) in [6, 6.07) is 3.27. The maximum atomic E-state index is 11.1. The van der Waals surface area contributed by atoms with Gasteiger partial charge in [0, 0.05) is 5.56 Å². The highest BCUT2D eigenvalue weighted by molar-refractivity contribution is 5.77. The number of esters is 1. The monoisotopic (exact) mass is 210 g/mol. The fourth-order valence-electron chi connectivity index (χ4n) is 1.54. The van der Waals surface area contributed by atoms with Crippen molar-refractivity contribution in [2.45, 2.75) is 20.0 Å². The normalized spacial score (nSPS) is 12.3. The molecule has 0 saturated carbocycles. The quantitative estimate of drug-likeness (QED) is 0.720. The van der Waals surface area contributed by atoms with Gasteiger partial charge in [-0.05, 0) is 31.0 Å². The molecule has 1 aromatic carbocycles. The minimum atomic E-state index is -1.43. The number of aliphatic hydroxyl groups excluding tert-OH is 1. The van der Waals surface area contributed by atoms with Crippen LogP contribution in [0.15, 0.2) is 12.1 Å². The number of aryl methyl sites for hydroxylation is 2. The van der Waals surface area contributed by atoms with Gasteiger partial charge in [0.1, 0.15) is 5.75 Å². The number of rotatable bonds is 2. The lowest BCUT2D eigenvalue weighted by atomic mass is 10.00. The largest absolute Gasteiger partial charge is 0.508 e. The molecule has 1 aromatic rings. The number of phenols is 1. The molecule has 1 unspecified atom stereocenters. The SMILES string of the molecule is COC(=O)C(O)c1c(C)cc(C)cc1O. The Kier molecular flexibility index (Phi) is 3.31. The third-order valence-electron chi connectivity index (χ3n) is 2.21. The minimum Gasteiger partial charge on any atom is -0.508 e. The van der Waals surface area contributed by atoms with Crippen LogP contribution in [0.1, 0.15) is 22.8 Å². The Morgan fingerprint density at radius 2 is 2.00 bits per heavy atom. The third kappa shape index (κ3) is 2.27. The van der Waals surface area contributed by atoms with Crippen molar-refractivity contribution in [3.05, 3.63) is 28.8 Å². The number of carbonyl (C=O) groups is 1. The van der Waals surface area contributed by atoms with E-state index in [1.165, 1.54) is 13.2 Å². The predicted octanol–water partition coefficient (Wildman–Crippen LogP) is 1.22. The molecule has 15 heavy (non-hydrogen) atoms. The Labute approximate surface area is 88.1 Å². The lowest BCUT2D eigenvalue weighted by Gasteiger charge is -2.14. The van der Waals surface area contributed by atoms with Crippen LogP contribution in [-0.2, 0) is 9.53 Å². The van der Waals surface area contributed by atoms with Crippen molar-refractivity contribution in [1.29, 1.82) is 0 Å². The van der Waals surface area contributed by atoms with Gasteiger partial charge in [-0.1, -0.05) is 6.07 Å². The van der Waals surface area contributed by atoms with Gasteiger partial charge in [-0.3, -0.25) is 0 Å². The van der Waals surface area contributed by atoms with Gasteiger partial charge in [0.15, 0.2) is 6.10 Å². The van der Waals surface area contributed by atoms with Crippen LogP contribution in [0.2, 0.25) is 0 Å². The third-order valence-corrected chi connectivity index (χ3v) is 2.21. The van der Waals surface area contributed by atoms with Gasteiger partial charge in [0.25, 0.3) is 0 Å². The van der Waals surface area contributed by atoms with Crippen LogP contribution in [0.5, 0.6) is 5.75 Å². The zero-order chi connectivity index (χ0) is 11.6. The number of aliphatic hydroxyl groups is 1. The molecule has 0 spiro atoms. The molecule has 0 amide bonds. The molecule has 0 aromatic heterocycles. The smallest absolute Gasteiger partial charge is 0.339 e. The molecule has 0 heterocycles. The van der Waals surface area contributed by atoms with Gasteiger partial charge in [-0.2, -0.15) is 0 Å². The molecule has 0 aliphatic rings. The van der Waals surface area contributed by atoms with E-state index in [-0.39, 0.29) is 11.3 Å². The molecular weight excluding hydrogens is 196 g/mol. The highest BCUT2D eigenvalue weighted by Gasteiger charge is 2.23. The standard InChI is InChI=1S/C11H14O4/c1-6-4-7(2)9(8(12)5-6)10(13)11(14)15-3/h4-5,10,12-13H,1-3H3. The average Bonchev–Trinajstić information content (AvgIpc) is 2.14. The summed E-state index contributed by atoms with van der Waals surface area (Å²) >= 11 is 0. The van der Waals surface area contributed by atoms with Gasteiger partial charge in [-0.15, -0.1) is 0 Å². The Morgan fingerprint density at radius 1 is 1.40 bits per heavy atom. The van der Waals surface area contributed by atoms with Crippen molar-refractivity contribution in [3.63, 3.8) is 0 Å². The molecule has 0 fully saturated rings. The second-order valence-electron chi connectivity index (χ2n) is 3.44. The first-order valence-electron chi connectivity index (χ1n) is 4.53. The highest BCUT2D eigenvalue weighted by Crippen LogP contribution is 2.29. The Balaban J connectivity index is 3.19. The van der Waals surface area contributed by atoms with Gasteiger partial charge in [-0.25, -0.2) is 4.79 Å². The number of phenolic OH excluding ortho intramolecular Hbond substituents is 1. The van der Waals surface area contributed by atoms with E-state index in [9.17, 15) is 15.0 Å². The van der Waals surface area contributed by atoms with E-state index in [0.29, 0.717) is 5.56 Å². The number of carbonyl (C=O) groups excluding carboxylic acids is 1. The Hall–Kier alpha value is -1.55. The maximum Gasteiger partial charge on any atom is 0.339 e. The number of hydrogen-bond donors (Lipinski definition) is 2. The summed E-state index contributed by atoms with van der Waals surface area (Å²) in [7, 11) is 1.19. The van der Waals surface area contributed by atoms with Crippen molar-refractivity contribution in [2.24, 2.45) is 0 Å². The molecule has 4 heteroatoms. The topological polar surface area (TPSA) is 66.8 Å². The summed E-state index contributed by atoms with van der Waals surface area (Å²) in [5.41, 5.74) is 1.73. The number of ether oxygens (including phenoxy) is 1. The van der Waals surface area contributed by atoms with E-state index in [0.717, 1.165) is 5.56 Å². The highest BCUT2D eigenvalue weighted by atomic mass is 16.5. The van der Waals surface area contributed by atoms with E-state index in [1.54, 1.807) is 13.0 Å². The fourth-order valence-corrected chi connectivity index (χ4v) is 1.54. The van der Waals surface area contributed by atoms with Gasteiger partial charge in [0.05, 0.1) is 7.11 Å². The Bertz CT molecular complexity index is 361. The molecule has 2 N–H and O–H groups in total. The molecule has 0 bridgehead atoms. The summed E-state index contributed by atoms with van der Waals surface area (Å²) in [6.45, 7) is 3.54. The van der Waals surface area contributed by atoms with Crippen LogP contribution >= 0.6 is 0 Å². The van der Waals surface area contributed by atoms with Gasteiger partial charge >= 0.3 is 5.97 Å². The predicted molar refractivity (Wildman–Crippen MR) is 54.6 cm³/mol. The summed E-state index contributed by atoms with van der Waals surface area (Å²) < 4.78 is 4.41. The molecule has 0 aliphatic carbocycles. The van der Waals surface area contributed by atoms with Crippen LogP contribution in [0.4, 0.5) is 0 Å². The van der Waals surface area contributed by atoms with E-state index >= 15 is 0 Å². The first-order valence-corrected chi connectivity index (χ1v) is 4.53. The van der Waals surface area contributed by atoms with Crippen molar-refractivity contribution < 1.29 is 19.7 Å². The zero-order valence-corrected chi connectivity index (χ0v) is 8.94. The molecular formula is C11H14O4. The molecule has 4 nitrogen and oxygen atoms in total. The van der Waals surface area contributed by atoms with Crippen LogP contribution in [0, 0.1) is 13.8 Å². The first kappa shape index (κ1) is 11.5. The van der Waals surface area contributed by atoms with Crippen molar-refractivity contribution in [2.75, 3.05) is 7.11 Å². The van der Waals surface area contributed by atoms with Crippen molar-refractivity contribution in [3.8, 4) is 5.75 Å². The van der Waals surface area contributed by atoms with E-state index in [2.05, 4.69) is 4.74 Å². The molecule has 0 aliphatic heterocycles. The summed E-state index contributed by atoms with van der Waals surface area (Å²) in [4.78, 5) is 11.1. The summed E-state index contributed by atoms with van der Waals surface area (Å²) in [6.07, 6.45) is -1.43. The number of aromatic hydroxyl groups is 1. The molecule has 1 atom stereocenters. The molecule has 82 valence electrons. The number of hydrogen-bond acceptors (Lipinski definition) is 4. The average molecular weight is 210 g/mol. The summed E-state index contributed by atoms with van der Waals surface area (Å²) in [5, 5.41) is 19.2. The van der Waals surface area contributed by atoms with Crippen LogP contribution in [0.3, 0.4) is 0 Å². The molecule has 1 rings (SSSR count). The maximum absolute atomic E-state index is 11.1. The first-order chi connectivity index (χ1) is 6.97. The zero-order valence-electron chi connectivity index (χ0n) is 8.94. The molecule has 0 saturated heterocycles. The van der Waals surface area contributed by atoms with Gasteiger partial charge in [0.2, 0.25) is 0 Å². The van der Waals surface area contributed by atoms with Crippen LogP contribution in [-0.4, -0.2) is 23.3 Å². The van der Waals surface area contributed by atoms with Crippen molar-refractivity contribution >= 4 is 5.97 Å². The van der Waals surface area contributed by atoms with Crippen LogP contribution < -0.4 is 0 Å². The number of benzene rings is 1. The van der Waals surface area contributed by atoms with E-state index < -0.39 is 12.1 Å². The van der Waals surface area contributed by atoms with Gasteiger partial charge < -0.3 is 14.9 Å². The second kappa shape index (κ2) is 4.31. The lowest BCUT2D eigenvalue weighted by molar-refractivity contribution is -0.150. The lowest BCUT2D eigenvalue weighted by Crippen LogP contribution is -2.14. The van der Waals surface area contributed by atoms with E-state index in [1.807, 2.05) is 6.92 Å². The molecule has 0 radical (unpaired) electrons. The number of methoxy groups -OCH3 is 1. The Morgan fingerprint density at radius 3 is 2.47 bits per heavy atom. The minimum absolute atomic E-state index is 0.0922. The second-order valence-corrected chi connectivity index (χ2v) is 3.44. The fraction of sp³-hybridized carbons (Fsp3) is 0.364. The van der Waals surface area contributed by atoms with E-state index in [4.69, 9.17) is 0 Å². The van der Waals surface area contributed by atoms with Crippen LogP contribution in [0.25, 0.3) is 0 Å². The van der Waals surface area contributed by atoms with Crippen molar-refractivity contribution in [1.82, 2.24) is 0 Å².